The van der Waals surface area contributed by atoms with E-state index in [2.05, 4.69) is 10.2 Å². The maximum atomic E-state index is 10.8. The predicted molar refractivity (Wildman–Crippen MR) is 49.9 cm³/mol. The smallest absolute Gasteiger partial charge is 0.353 e. The number of carboxylic acids is 1. The van der Waals surface area contributed by atoms with Gasteiger partial charge in [-0.15, -0.1) is 0 Å². The van der Waals surface area contributed by atoms with Crippen molar-refractivity contribution < 1.29 is 14.6 Å². The Kier molecular flexibility index (Phi) is 2.09. The molecule has 0 aliphatic heterocycles. The van der Waals surface area contributed by atoms with Crippen molar-refractivity contribution >= 4 is 5.97 Å². The largest absolute Gasteiger partial charge is 0.619 e. The summed E-state index contributed by atoms with van der Waals surface area (Å²) in [5.74, 6) is -1.07. The Morgan fingerprint density at radius 2 is 2.13 bits per heavy atom. The van der Waals surface area contributed by atoms with Crippen LogP contribution in [-0.2, 0) is 0 Å². The Balaban J connectivity index is 2.37. The van der Waals surface area contributed by atoms with Crippen molar-refractivity contribution in [3.05, 3.63) is 41.5 Å². The zero-order valence-corrected chi connectivity index (χ0v) is 7.54. The molecule has 76 valence electrons. The van der Waals surface area contributed by atoms with E-state index in [1.165, 1.54) is 18.5 Å². The molecule has 0 unspecified atom stereocenters. The zero-order chi connectivity index (χ0) is 10.8. The Morgan fingerprint density at radius 1 is 1.47 bits per heavy atom. The van der Waals surface area contributed by atoms with Gasteiger partial charge in [0, 0.05) is 17.7 Å². The number of hydrogen-bond donors (Lipinski definition) is 2. The fourth-order valence-corrected chi connectivity index (χ4v) is 1.16. The van der Waals surface area contributed by atoms with E-state index in [1.807, 2.05) is 0 Å². The SMILES string of the molecule is O=C(O)c1cc(-c2cc[n+]([O-])cc2)n[nH]1. The molecule has 2 N–H and O–H groups in total. The summed E-state index contributed by atoms with van der Waals surface area (Å²) < 4.78 is 0.647. The monoisotopic (exact) mass is 205 g/mol. The van der Waals surface area contributed by atoms with Crippen LogP contribution in [0.5, 0.6) is 0 Å². The number of rotatable bonds is 2. The van der Waals surface area contributed by atoms with Crippen molar-refractivity contribution in [2.75, 3.05) is 0 Å². The van der Waals surface area contributed by atoms with Crippen LogP contribution < -0.4 is 4.73 Å². The molecular formula is C9H7N3O3. The van der Waals surface area contributed by atoms with Gasteiger partial charge in [0.15, 0.2) is 12.4 Å². The molecule has 6 nitrogen and oxygen atoms in total. The number of H-pyrrole nitrogens is 1. The number of hydrogen-bond acceptors (Lipinski definition) is 3. The number of aromatic nitrogens is 3. The van der Waals surface area contributed by atoms with Gasteiger partial charge in [0.05, 0.1) is 5.69 Å². The fourth-order valence-electron chi connectivity index (χ4n) is 1.16. The molecule has 0 spiro atoms. The van der Waals surface area contributed by atoms with E-state index in [9.17, 15) is 10.0 Å². The molecule has 0 aliphatic carbocycles. The van der Waals surface area contributed by atoms with Crippen LogP contribution in [0.2, 0.25) is 0 Å². The molecule has 15 heavy (non-hydrogen) atoms. The van der Waals surface area contributed by atoms with Gasteiger partial charge in [-0.3, -0.25) is 5.10 Å². The van der Waals surface area contributed by atoms with Crippen molar-refractivity contribution in [3.63, 3.8) is 0 Å². The fraction of sp³-hybridized carbons (Fsp3) is 0. The quantitative estimate of drug-likeness (QED) is 0.548. The summed E-state index contributed by atoms with van der Waals surface area (Å²) in [6, 6.07) is 4.54. The molecule has 0 aliphatic rings. The van der Waals surface area contributed by atoms with Gasteiger partial charge < -0.3 is 10.3 Å². The highest BCUT2D eigenvalue weighted by Crippen LogP contribution is 2.15. The first kappa shape index (κ1) is 9.20. The lowest BCUT2D eigenvalue weighted by atomic mass is 10.2. The summed E-state index contributed by atoms with van der Waals surface area (Å²) in [6.45, 7) is 0. The summed E-state index contributed by atoms with van der Waals surface area (Å²) in [5, 5.41) is 25.6. The van der Waals surface area contributed by atoms with Crippen molar-refractivity contribution in [1.82, 2.24) is 10.2 Å². The Bertz CT molecular complexity index is 490. The van der Waals surface area contributed by atoms with Gasteiger partial charge in [0.2, 0.25) is 0 Å². The molecule has 2 aromatic rings. The van der Waals surface area contributed by atoms with E-state index in [0.29, 0.717) is 16.0 Å². The Hall–Kier alpha value is -2.37. The molecule has 2 aromatic heterocycles. The number of pyridine rings is 1. The summed E-state index contributed by atoms with van der Waals surface area (Å²) >= 11 is 0. The molecule has 0 atom stereocenters. The van der Waals surface area contributed by atoms with E-state index in [4.69, 9.17) is 5.11 Å². The summed E-state index contributed by atoms with van der Waals surface area (Å²) in [6.07, 6.45) is 2.65. The topological polar surface area (TPSA) is 92.9 Å². The second kappa shape index (κ2) is 3.41. The lowest BCUT2D eigenvalue weighted by Gasteiger charge is -1.95. The third-order valence-corrected chi connectivity index (χ3v) is 1.91. The van der Waals surface area contributed by atoms with Crippen LogP contribution in [0.3, 0.4) is 0 Å². The second-order valence-electron chi connectivity index (χ2n) is 2.92. The van der Waals surface area contributed by atoms with E-state index < -0.39 is 5.97 Å². The van der Waals surface area contributed by atoms with E-state index in [0.717, 1.165) is 0 Å². The van der Waals surface area contributed by atoms with Gasteiger partial charge in [-0.05, 0) is 6.07 Å². The number of aromatic amines is 1. The van der Waals surface area contributed by atoms with Crippen LogP contribution in [0.1, 0.15) is 10.5 Å². The summed E-state index contributed by atoms with van der Waals surface area (Å²) in [5.41, 5.74) is 1.20. The lowest BCUT2D eigenvalue weighted by molar-refractivity contribution is -0.605. The van der Waals surface area contributed by atoms with Gasteiger partial charge in [-0.1, -0.05) is 0 Å². The van der Waals surface area contributed by atoms with Gasteiger partial charge in [-0.25, -0.2) is 4.79 Å². The van der Waals surface area contributed by atoms with Crippen LogP contribution in [0.4, 0.5) is 0 Å². The molecule has 0 amide bonds. The predicted octanol–water partition coefficient (Wildman–Crippen LogP) is 0.408. The van der Waals surface area contributed by atoms with Crippen LogP contribution in [-0.4, -0.2) is 21.3 Å². The van der Waals surface area contributed by atoms with E-state index in [-0.39, 0.29) is 5.69 Å². The first-order valence-electron chi connectivity index (χ1n) is 4.15. The first-order valence-corrected chi connectivity index (χ1v) is 4.15. The normalized spacial score (nSPS) is 10.1. The molecule has 0 saturated heterocycles. The third kappa shape index (κ3) is 1.78. The number of nitrogens with zero attached hydrogens (tertiary/aromatic N) is 2. The first-order chi connectivity index (χ1) is 7.16. The number of carbonyl (C=O) groups is 1. The second-order valence-corrected chi connectivity index (χ2v) is 2.92. The van der Waals surface area contributed by atoms with Gasteiger partial charge in [0.25, 0.3) is 0 Å². The van der Waals surface area contributed by atoms with Crippen LogP contribution >= 0.6 is 0 Å². The van der Waals surface area contributed by atoms with E-state index in [1.54, 1.807) is 12.1 Å². The molecule has 0 radical (unpaired) electrons. The minimum atomic E-state index is -1.07. The maximum Gasteiger partial charge on any atom is 0.353 e. The number of aromatic carboxylic acids is 1. The van der Waals surface area contributed by atoms with Crippen molar-refractivity contribution in [2.24, 2.45) is 0 Å². The van der Waals surface area contributed by atoms with Crippen molar-refractivity contribution in [2.45, 2.75) is 0 Å². The average Bonchev–Trinajstić information content (AvgIpc) is 2.68. The van der Waals surface area contributed by atoms with Gasteiger partial charge in [-0.2, -0.15) is 9.83 Å². The molecule has 0 aromatic carbocycles. The highest BCUT2D eigenvalue weighted by atomic mass is 16.5. The van der Waals surface area contributed by atoms with Crippen molar-refractivity contribution in [1.29, 1.82) is 0 Å². The highest BCUT2D eigenvalue weighted by molar-refractivity contribution is 5.86. The van der Waals surface area contributed by atoms with Crippen LogP contribution in [0, 0.1) is 5.21 Å². The highest BCUT2D eigenvalue weighted by Gasteiger charge is 2.09. The molecule has 2 rings (SSSR count). The van der Waals surface area contributed by atoms with Crippen LogP contribution in [0.15, 0.2) is 30.6 Å². The number of nitrogens with one attached hydrogen (secondary N) is 1. The zero-order valence-electron chi connectivity index (χ0n) is 7.54. The maximum absolute atomic E-state index is 10.8. The third-order valence-electron chi connectivity index (χ3n) is 1.91. The average molecular weight is 205 g/mol. The van der Waals surface area contributed by atoms with E-state index >= 15 is 0 Å². The Morgan fingerprint density at radius 3 is 2.67 bits per heavy atom. The minimum absolute atomic E-state index is 0.0175. The standard InChI is InChI=1S/C9H7N3O3/c13-9(14)8-5-7(10-11-8)6-1-3-12(15)4-2-6/h1-5H,(H,10,11)(H,13,14). The molecule has 0 bridgehead atoms. The minimum Gasteiger partial charge on any atom is -0.619 e. The van der Waals surface area contributed by atoms with Crippen LogP contribution in [0.25, 0.3) is 11.3 Å². The van der Waals surface area contributed by atoms with Crippen molar-refractivity contribution in [3.8, 4) is 11.3 Å². The number of carboxylic acid groups (broad SMARTS) is 1. The summed E-state index contributed by atoms with van der Waals surface area (Å²) in [4.78, 5) is 10.6. The van der Waals surface area contributed by atoms with Gasteiger partial charge >= 0.3 is 5.97 Å². The molecular weight excluding hydrogens is 198 g/mol. The molecule has 0 fully saturated rings. The lowest BCUT2D eigenvalue weighted by Crippen LogP contribution is -2.23. The Labute approximate surface area is 84.4 Å². The molecule has 0 saturated carbocycles. The molecule has 6 heteroatoms. The molecule has 2 heterocycles. The van der Waals surface area contributed by atoms with Gasteiger partial charge in [0.1, 0.15) is 5.69 Å². The summed E-state index contributed by atoms with van der Waals surface area (Å²) in [7, 11) is 0.